The van der Waals surface area contributed by atoms with Crippen LogP contribution in [0.5, 0.6) is 0 Å². The number of esters is 2. The lowest BCUT2D eigenvalue weighted by Gasteiger charge is -2.44. The van der Waals surface area contributed by atoms with E-state index in [9.17, 15) is 49.2 Å². The average Bonchev–Trinajstić information content (AvgIpc) is 3.04. The highest BCUT2D eigenvalue weighted by molar-refractivity contribution is 5.90. The molecule has 284 valence electrons. The molecule has 7 N–H and O–H groups in total. The van der Waals surface area contributed by atoms with Gasteiger partial charge in [-0.1, -0.05) is 27.7 Å². The van der Waals surface area contributed by atoms with Gasteiger partial charge in [0, 0.05) is 0 Å². The van der Waals surface area contributed by atoms with Gasteiger partial charge in [0.2, 0.25) is 0 Å². The van der Waals surface area contributed by atoms with E-state index in [4.69, 9.17) is 9.47 Å². The Morgan fingerprint density at radius 1 is 0.633 bits per heavy atom. The number of carbonyl (C=O) groups is 6. The summed E-state index contributed by atoms with van der Waals surface area (Å²) in [6.45, 7) is 11.2. The van der Waals surface area contributed by atoms with Crippen LogP contribution >= 0.6 is 0 Å². The predicted octanol–water partition coefficient (Wildman–Crippen LogP) is 3.43. The number of carboxylic acid groups (broad SMARTS) is 4. The number of nitrogens with one attached hydrogen (secondary N) is 3. The van der Waals surface area contributed by atoms with Crippen molar-refractivity contribution < 1.29 is 58.7 Å². The molecule has 0 saturated heterocycles. The van der Waals surface area contributed by atoms with Gasteiger partial charge in [0.25, 0.3) is 0 Å². The maximum absolute atomic E-state index is 12.6. The van der Waals surface area contributed by atoms with E-state index in [0.29, 0.717) is 45.1 Å². The summed E-state index contributed by atoms with van der Waals surface area (Å²) in [5.41, 5.74) is -4.77. The van der Waals surface area contributed by atoms with Crippen LogP contribution in [0.2, 0.25) is 0 Å². The molecule has 0 aromatic carbocycles. The maximum Gasteiger partial charge on any atom is 0.325 e. The highest BCUT2D eigenvalue weighted by Gasteiger charge is 2.58. The van der Waals surface area contributed by atoms with E-state index in [1.807, 2.05) is 0 Å². The van der Waals surface area contributed by atoms with Gasteiger partial charge in [-0.25, -0.2) is 0 Å². The van der Waals surface area contributed by atoms with E-state index >= 15 is 0 Å². The summed E-state index contributed by atoms with van der Waals surface area (Å²) in [6.07, 6.45) is 3.32. The van der Waals surface area contributed by atoms with Crippen LogP contribution in [0.25, 0.3) is 0 Å². The fourth-order valence-electron chi connectivity index (χ4n) is 6.65. The van der Waals surface area contributed by atoms with Crippen molar-refractivity contribution in [3.8, 4) is 0 Å². The first-order chi connectivity index (χ1) is 23.1. The van der Waals surface area contributed by atoms with Crippen LogP contribution in [0.1, 0.15) is 119 Å². The summed E-state index contributed by atoms with van der Waals surface area (Å²) in [6, 6.07) is -0.872. The third-order valence-corrected chi connectivity index (χ3v) is 9.69. The molecule has 15 nitrogen and oxygen atoms in total. The Kier molecular flexibility index (Phi) is 21.6. The van der Waals surface area contributed by atoms with Crippen molar-refractivity contribution in [1.82, 2.24) is 16.0 Å². The van der Waals surface area contributed by atoms with Crippen molar-refractivity contribution in [2.45, 2.75) is 136 Å². The standard InChI is InChI=1S/C34H61N3O12/c1-7-32(8-2,29(42)43)34(10-4,31(46)47)37-21-15-18-24(17-14-20-36-33(9-3,30(44)45)23-26(38)39)16-13-19-35-25(28(41)49-12-6)22-27(40)48-11-5/h24-25,35-37H,7-23H2,1-6H3,(H,38,39)(H,42,43)(H,44,45)(H,46,47). The van der Waals surface area contributed by atoms with E-state index in [1.165, 1.54) is 0 Å². The Balaban J connectivity index is 5.73. The van der Waals surface area contributed by atoms with Crippen molar-refractivity contribution >= 4 is 35.8 Å². The van der Waals surface area contributed by atoms with Gasteiger partial charge in [-0.05, 0) is 104 Å². The van der Waals surface area contributed by atoms with Crippen molar-refractivity contribution in [2.75, 3.05) is 32.8 Å². The summed E-state index contributed by atoms with van der Waals surface area (Å²) in [5.74, 6) is -5.84. The van der Waals surface area contributed by atoms with E-state index in [-0.39, 0.29) is 64.3 Å². The fourth-order valence-corrected chi connectivity index (χ4v) is 6.65. The molecule has 0 amide bonds. The molecule has 15 heteroatoms. The summed E-state index contributed by atoms with van der Waals surface area (Å²) in [7, 11) is 0. The van der Waals surface area contributed by atoms with Gasteiger partial charge in [-0.3, -0.25) is 28.8 Å². The van der Waals surface area contributed by atoms with Crippen LogP contribution in [-0.2, 0) is 38.2 Å². The van der Waals surface area contributed by atoms with Gasteiger partial charge in [0.05, 0.1) is 31.5 Å². The molecule has 0 saturated carbocycles. The minimum absolute atomic E-state index is 0.0730. The van der Waals surface area contributed by atoms with Crippen molar-refractivity contribution in [2.24, 2.45) is 11.3 Å². The molecule has 49 heavy (non-hydrogen) atoms. The Morgan fingerprint density at radius 3 is 1.57 bits per heavy atom. The third-order valence-electron chi connectivity index (χ3n) is 9.69. The van der Waals surface area contributed by atoms with E-state index in [2.05, 4.69) is 16.0 Å². The molecule has 0 aliphatic carbocycles. The van der Waals surface area contributed by atoms with Gasteiger partial charge in [-0.2, -0.15) is 0 Å². The number of hydrogen-bond acceptors (Lipinski definition) is 11. The molecular formula is C34H61N3O12. The minimum atomic E-state index is -1.67. The lowest BCUT2D eigenvalue weighted by Crippen LogP contribution is -2.66. The third kappa shape index (κ3) is 13.5. The molecule has 0 heterocycles. The minimum Gasteiger partial charge on any atom is -0.481 e. The summed E-state index contributed by atoms with van der Waals surface area (Å²) < 4.78 is 10.1. The van der Waals surface area contributed by atoms with Gasteiger partial charge >= 0.3 is 35.8 Å². The Hall–Kier alpha value is -3.30. The average molecular weight is 704 g/mol. The van der Waals surface area contributed by atoms with Crippen LogP contribution < -0.4 is 16.0 Å². The van der Waals surface area contributed by atoms with E-state index < -0.39 is 64.8 Å². The van der Waals surface area contributed by atoms with Gasteiger partial charge < -0.3 is 45.9 Å². The fraction of sp³-hybridized carbons (Fsp3) is 0.824. The second-order valence-electron chi connectivity index (χ2n) is 12.4. The molecule has 0 aliphatic rings. The zero-order valence-electron chi connectivity index (χ0n) is 30.2. The number of aliphatic carboxylic acids is 4. The zero-order valence-corrected chi connectivity index (χ0v) is 30.2. The highest BCUT2D eigenvalue weighted by atomic mass is 16.5. The molecule has 0 fully saturated rings. The lowest BCUT2D eigenvalue weighted by atomic mass is 9.64. The van der Waals surface area contributed by atoms with Crippen LogP contribution in [0.3, 0.4) is 0 Å². The molecule has 0 bridgehead atoms. The van der Waals surface area contributed by atoms with Crippen LogP contribution in [0.4, 0.5) is 0 Å². The zero-order chi connectivity index (χ0) is 37.7. The smallest absolute Gasteiger partial charge is 0.325 e. The molecule has 0 spiro atoms. The Morgan fingerprint density at radius 2 is 1.16 bits per heavy atom. The first-order valence-corrected chi connectivity index (χ1v) is 17.6. The molecule has 0 aliphatic heterocycles. The number of hydrogen-bond donors (Lipinski definition) is 7. The molecular weight excluding hydrogens is 642 g/mol. The molecule has 4 unspecified atom stereocenters. The Bertz CT molecular complexity index is 1070. The first kappa shape index (κ1) is 45.7. The topological polar surface area (TPSA) is 238 Å². The molecule has 0 aromatic rings. The first-order valence-electron chi connectivity index (χ1n) is 17.6. The van der Waals surface area contributed by atoms with Gasteiger partial charge in [0.1, 0.15) is 17.1 Å². The molecule has 0 radical (unpaired) electrons. The predicted molar refractivity (Wildman–Crippen MR) is 181 cm³/mol. The van der Waals surface area contributed by atoms with E-state index in [0.717, 1.165) is 0 Å². The summed E-state index contributed by atoms with van der Waals surface area (Å²) in [4.78, 5) is 72.8. The molecule has 4 atom stereocenters. The quantitative estimate of drug-likeness (QED) is 0.0419. The van der Waals surface area contributed by atoms with Crippen molar-refractivity contribution in [3.05, 3.63) is 0 Å². The number of carbonyl (C=O) groups excluding carboxylic acids is 2. The van der Waals surface area contributed by atoms with Gasteiger partial charge in [-0.15, -0.1) is 0 Å². The van der Waals surface area contributed by atoms with Crippen LogP contribution in [-0.4, -0.2) is 106 Å². The van der Waals surface area contributed by atoms with Crippen LogP contribution in [0, 0.1) is 11.3 Å². The second kappa shape index (κ2) is 23.2. The maximum atomic E-state index is 12.6. The van der Waals surface area contributed by atoms with Crippen molar-refractivity contribution in [3.63, 3.8) is 0 Å². The number of ether oxygens (including phenoxy) is 2. The normalized spacial score (nSPS) is 15.3. The second-order valence-corrected chi connectivity index (χ2v) is 12.4. The van der Waals surface area contributed by atoms with Crippen molar-refractivity contribution in [1.29, 1.82) is 0 Å². The largest absolute Gasteiger partial charge is 0.481 e. The lowest BCUT2D eigenvalue weighted by molar-refractivity contribution is -0.169. The molecule has 0 rings (SSSR count). The van der Waals surface area contributed by atoms with Gasteiger partial charge in [0.15, 0.2) is 0 Å². The SMILES string of the molecule is CCOC(=O)CC(NCCCC(CCCNC(CC)(CC(=O)O)C(=O)O)CCCNC(CC)(C(=O)O)C(CC)(CC)C(=O)O)C(=O)OCC. The number of rotatable bonds is 30. The Labute approximate surface area is 290 Å². The summed E-state index contributed by atoms with van der Waals surface area (Å²) >= 11 is 0. The number of carboxylic acids is 4. The highest BCUT2D eigenvalue weighted by Crippen LogP contribution is 2.41. The monoisotopic (exact) mass is 703 g/mol. The van der Waals surface area contributed by atoms with E-state index in [1.54, 1.807) is 41.5 Å². The summed E-state index contributed by atoms with van der Waals surface area (Å²) in [5, 5.41) is 48.5. The molecule has 0 aromatic heterocycles. The van der Waals surface area contributed by atoms with Crippen LogP contribution in [0.15, 0.2) is 0 Å².